The fourth-order valence-corrected chi connectivity index (χ4v) is 5.13. The highest BCUT2D eigenvalue weighted by Gasteiger charge is 2.25. The van der Waals surface area contributed by atoms with Gasteiger partial charge in [-0.05, 0) is 62.8 Å². The van der Waals surface area contributed by atoms with Gasteiger partial charge < -0.3 is 19.8 Å². The second-order valence-corrected chi connectivity index (χ2v) is 9.71. The van der Waals surface area contributed by atoms with Crippen molar-refractivity contribution < 1.29 is 14.3 Å². The first-order valence-electron chi connectivity index (χ1n) is 12.1. The van der Waals surface area contributed by atoms with Crippen LogP contribution in [-0.4, -0.2) is 32.6 Å². The van der Waals surface area contributed by atoms with Gasteiger partial charge in [-0.2, -0.15) is 0 Å². The van der Waals surface area contributed by atoms with Crippen LogP contribution in [0.2, 0.25) is 5.02 Å². The summed E-state index contributed by atoms with van der Waals surface area (Å²) < 4.78 is 5.84. The van der Waals surface area contributed by atoms with E-state index in [1.54, 1.807) is 31.3 Å². The first-order chi connectivity index (χ1) is 17.5. The number of ether oxygens (including phenoxy) is 1. The number of carbonyl (C=O) groups is 2. The number of nitrogens with zero attached hydrogens (tertiary/aromatic N) is 2. The standard InChI is InChI=1S/C28H27ClN4O3/c1-17(34)13-18-7-9-19(10-8-18)33-28-25-23(15-30-27(25)31-16-32-28)26(35)22-12-11-21(14-24(22)29)36-20-5-3-2-4-6-20/h2-6,11-12,14-16,18-19H,7-10,13H2,1H3,(H2,30,31,32,33). The molecule has 0 radical (unpaired) electrons. The van der Waals surface area contributed by atoms with Crippen molar-refractivity contribution in [2.45, 2.75) is 45.1 Å². The molecule has 8 heteroatoms. The number of anilines is 1. The van der Waals surface area contributed by atoms with Crippen LogP contribution in [0.4, 0.5) is 5.82 Å². The van der Waals surface area contributed by atoms with Crippen LogP contribution >= 0.6 is 11.6 Å². The number of ketones is 2. The highest BCUT2D eigenvalue weighted by Crippen LogP contribution is 2.33. The second kappa shape index (κ2) is 10.5. The van der Waals surface area contributed by atoms with Crippen LogP contribution in [0.3, 0.4) is 0 Å². The van der Waals surface area contributed by atoms with Gasteiger partial charge in [0.2, 0.25) is 0 Å². The summed E-state index contributed by atoms with van der Waals surface area (Å²) in [4.78, 5) is 36.9. The van der Waals surface area contributed by atoms with Crippen LogP contribution in [0.15, 0.2) is 61.1 Å². The van der Waals surface area contributed by atoms with Gasteiger partial charge in [-0.15, -0.1) is 0 Å². The SMILES string of the molecule is CC(=O)CC1CCC(Nc2ncnc3[nH]cc(C(=O)c4ccc(Oc5ccccc5)cc4Cl)c23)CC1. The van der Waals surface area contributed by atoms with Crippen molar-refractivity contribution in [1.29, 1.82) is 0 Å². The number of halogens is 1. The number of carbonyl (C=O) groups excluding carboxylic acids is 2. The number of nitrogens with one attached hydrogen (secondary N) is 2. The number of benzene rings is 2. The van der Waals surface area contributed by atoms with E-state index in [0.29, 0.717) is 56.8 Å². The summed E-state index contributed by atoms with van der Waals surface area (Å²) >= 11 is 6.52. The summed E-state index contributed by atoms with van der Waals surface area (Å²) in [5, 5.41) is 4.47. The third-order valence-corrected chi connectivity index (χ3v) is 6.95. The van der Waals surface area contributed by atoms with Crippen molar-refractivity contribution in [2.75, 3.05) is 5.32 Å². The minimum Gasteiger partial charge on any atom is -0.457 e. The molecule has 0 aliphatic heterocycles. The lowest BCUT2D eigenvalue weighted by molar-refractivity contribution is -0.118. The molecule has 1 aliphatic carbocycles. The summed E-state index contributed by atoms with van der Waals surface area (Å²) in [5.74, 6) is 2.34. The monoisotopic (exact) mass is 502 g/mol. The molecule has 0 atom stereocenters. The van der Waals surface area contributed by atoms with Gasteiger partial charge in [0.1, 0.15) is 35.1 Å². The Morgan fingerprint density at radius 3 is 2.53 bits per heavy atom. The molecule has 7 nitrogen and oxygen atoms in total. The Bertz CT molecular complexity index is 1390. The topological polar surface area (TPSA) is 97.0 Å². The third-order valence-electron chi connectivity index (χ3n) is 6.64. The van der Waals surface area contributed by atoms with Crippen molar-refractivity contribution >= 4 is 40.0 Å². The van der Waals surface area contributed by atoms with Crippen molar-refractivity contribution in [3.63, 3.8) is 0 Å². The molecular formula is C28H27ClN4O3. The normalized spacial score (nSPS) is 17.6. The Hall–Kier alpha value is -3.71. The molecule has 1 fully saturated rings. The molecule has 0 amide bonds. The molecule has 1 saturated carbocycles. The molecule has 2 aromatic heterocycles. The van der Waals surface area contributed by atoms with Crippen molar-refractivity contribution in [2.24, 2.45) is 5.92 Å². The maximum Gasteiger partial charge on any atom is 0.196 e. The van der Waals surface area contributed by atoms with Gasteiger partial charge in [0.25, 0.3) is 0 Å². The minimum absolute atomic E-state index is 0.222. The Labute approximate surface area is 214 Å². The van der Waals surface area contributed by atoms with Gasteiger partial charge >= 0.3 is 0 Å². The highest BCUT2D eigenvalue weighted by molar-refractivity contribution is 6.35. The van der Waals surface area contributed by atoms with E-state index in [1.807, 2.05) is 30.3 Å². The lowest BCUT2D eigenvalue weighted by atomic mass is 9.83. The van der Waals surface area contributed by atoms with E-state index in [4.69, 9.17) is 16.3 Å². The van der Waals surface area contributed by atoms with E-state index in [1.165, 1.54) is 6.33 Å². The zero-order valence-corrected chi connectivity index (χ0v) is 20.7. The molecule has 0 spiro atoms. The largest absolute Gasteiger partial charge is 0.457 e. The third kappa shape index (κ3) is 5.26. The lowest BCUT2D eigenvalue weighted by Crippen LogP contribution is -2.27. The zero-order chi connectivity index (χ0) is 25.1. The molecule has 2 heterocycles. The van der Waals surface area contributed by atoms with Gasteiger partial charge in [-0.25, -0.2) is 9.97 Å². The van der Waals surface area contributed by atoms with Crippen molar-refractivity contribution in [3.05, 3.63) is 77.2 Å². The lowest BCUT2D eigenvalue weighted by Gasteiger charge is -2.29. The summed E-state index contributed by atoms with van der Waals surface area (Å²) in [6.07, 6.45) is 7.68. The summed E-state index contributed by atoms with van der Waals surface area (Å²) in [6.45, 7) is 1.66. The highest BCUT2D eigenvalue weighted by atomic mass is 35.5. The quantitative estimate of drug-likeness (QED) is 0.264. The van der Waals surface area contributed by atoms with E-state index >= 15 is 0 Å². The van der Waals surface area contributed by atoms with Crippen LogP contribution in [0.5, 0.6) is 11.5 Å². The van der Waals surface area contributed by atoms with Gasteiger partial charge in [-0.3, -0.25) is 4.79 Å². The number of Topliss-reactive ketones (excluding diaryl/α,β-unsaturated/α-hetero) is 1. The fourth-order valence-electron chi connectivity index (χ4n) is 4.88. The van der Waals surface area contributed by atoms with E-state index in [-0.39, 0.29) is 17.6 Å². The average Bonchev–Trinajstić information content (AvgIpc) is 3.31. The molecule has 0 bridgehead atoms. The number of hydrogen-bond acceptors (Lipinski definition) is 6. The Morgan fingerprint density at radius 2 is 1.81 bits per heavy atom. The fraction of sp³-hybridized carbons (Fsp3) is 0.286. The second-order valence-electron chi connectivity index (χ2n) is 9.30. The maximum atomic E-state index is 13.5. The number of hydrogen-bond donors (Lipinski definition) is 2. The number of H-pyrrole nitrogens is 1. The van der Waals surface area contributed by atoms with Crippen molar-refractivity contribution in [1.82, 2.24) is 15.0 Å². The molecule has 184 valence electrons. The summed E-state index contributed by atoms with van der Waals surface area (Å²) in [6, 6.07) is 14.7. The smallest absolute Gasteiger partial charge is 0.196 e. The molecule has 4 aromatic rings. The van der Waals surface area contributed by atoms with E-state index in [2.05, 4.69) is 20.3 Å². The predicted molar refractivity (Wildman–Crippen MR) is 140 cm³/mol. The molecule has 2 aromatic carbocycles. The molecule has 0 unspecified atom stereocenters. The molecular weight excluding hydrogens is 476 g/mol. The van der Waals surface area contributed by atoms with Crippen LogP contribution in [0, 0.1) is 5.92 Å². The molecule has 2 N–H and O–H groups in total. The van der Waals surface area contributed by atoms with Crippen LogP contribution in [0.25, 0.3) is 11.0 Å². The van der Waals surface area contributed by atoms with Gasteiger partial charge in [0.15, 0.2) is 5.78 Å². The molecule has 1 aliphatic rings. The van der Waals surface area contributed by atoms with Crippen LogP contribution in [0.1, 0.15) is 54.9 Å². The van der Waals surface area contributed by atoms with E-state index in [0.717, 1.165) is 25.7 Å². The molecule has 5 rings (SSSR count). The van der Waals surface area contributed by atoms with Gasteiger partial charge in [0.05, 0.1) is 16.0 Å². The first-order valence-corrected chi connectivity index (χ1v) is 12.5. The molecule has 36 heavy (non-hydrogen) atoms. The van der Waals surface area contributed by atoms with E-state index < -0.39 is 0 Å². The number of aromatic nitrogens is 3. The summed E-state index contributed by atoms with van der Waals surface area (Å²) in [5.41, 5.74) is 1.41. The minimum atomic E-state index is -0.222. The Morgan fingerprint density at radius 1 is 1.03 bits per heavy atom. The Kier molecular flexibility index (Phi) is 7.00. The van der Waals surface area contributed by atoms with Gasteiger partial charge in [0, 0.05) is 30.3 Å². The molecule has 0 saturated heterocycles. The summed E-state index contributed by atoms with van der Waals surface area (Å²) in [7, 11) is 0. The van der Waals surface area contributed by atoms with Crippen molar-refractivity contribution in [3.8, 4) is 11.5 Å². The number of aromatic amines is 1. The zero-order valence-electron chi connectivity index (χ0n) is 20.0. The van der Waals surface area contributed by atoms with Crippen LogP contribution in [-0.2, 0) is 4.79 Å². The maximum absolute atomic E-state index is 13.5. The number of fused-ring (bicyclic) bond motifs is 1. The van der Waals surface area contributed by atoms with E-state index in [9.17, 15) is 9.59 Å². The first kappa shape index (κ1) is 24.0. The van der Waals surface area contributed by atoms with Crippen LogP contribution < -0.4 is 10.1 Å². The van der Waals surface area contributed by atoms with Gasteiger partial charge in [-0.1, -0.05) is 29.8 Å². The average molecular weight is 503 g/mol. The predicted octanol–water partition coefficient (Wildman–Crippen LogP) is 6.58. The Balaban J connectivity index is 1.36. The number of rotatable bonds is 8. The number of para-hydroxylation sites is 1.